The van der Waals surface area contributed by atoms with Crippen LogP contribution in [0, 0.1) is 0 Å². The Morgan fingerprint density at radius 1 is 0.264 bits per heavy atom. The fourth-order valence-electron chi connectivity index (χ4n) is 13.1. The van der Waals surface area contributed by atoms with E-state index in [0.29, 0.717) is 0 Å². The molecule has 11 aromatic carbocycles. The SMILES string of the molecule is c1ccc(-c2cccc(N(c3ccc4c(c3)C3(c5ccccc5-4)c4ccccc4C4(c5ccccc5-c5ccccc54)c4ccccc43)c3ccccc3-c3cc4ccc(-c5ccccc5)cc4o3)c2)cc1. The van der Waals surface area contributed by atoms with Gasteiger partial charge >= 0.3 is 0 Å². The quantitative estimate of drug-likeness (QED) is 0.165. The highest BCUT2D eigenvalue weighted by molar-refractivity contribution is 5.97. The van der Waals surface area contributed by atoms with Gasteiger partial charge in [-0.15, -0.1) is 0 Å². The van der Waals surface area contributed by atoms with Gasteiger partial charge in [0.2, 0.25) is 0 Å². The van der Waals surface area contributed by atoms with Crippen molar-refractivity contribution in [3.63, 3.8) is 0 Å². The fraction of sp³-hybridized carbons (Fsp3) is 0.0286. The number of furan rings is 1. The first-order valence-electron chi connectivity index (χ1n) is 25.0. The predicted molar refractivity (Wildman–Crippen MR) is 295 cm³/mol. The first-order valence-corrected chi connectivity index (χ1v) is 25.0. The number of hydrogen-bond acceptors (Lipinski definition) is 2. The number of nitrogens with zero attached hydrogens (tertiary/aromatic N) is 1. The summed E-state index contributed by atoms with van der Waals surface area (Å²) in [5, 5.41) is 1.06. The molecular weight excluding hydrogens is 871 g/mol. The summed E-state index contributed by atoms with van der Waals surface area (Å²) < 4.78 is 6.93. The second-order valence-corrected chi connectivity index (χ2v) is 19.5. The zero-order valence-corrected chi connectivity index (χ0v) is 39.3. The molecule has 3 aliphatic carbocycles. The van der Waals surface area contributed by atoms with Gasteiger partial charge in [-0.1, -0.05) is 224 Å². The number of benzene rings is 11. The highest BCUT2D eigenvalue weighted by atomic mass is 16.3. The molecule has 0 radical (unpaired) electrons. The van der Waals surface area contributed by atoms with Crippen molar-refractivity contribution in [3.05, 3.63) is 317 Å². The number of rotatable bonds is 6. The minimum Gasteiger partial charge on any atom is -0.456 e. The molecule has 0 saturated heterocycles. The topological polar surface area (TPSA) is 16.4 Å². The van der Waals surface area contributed by atoms with Crippen molar-refractivity contribution in [3.8, 4) is 55.8 Å². The molecule has 0 atom stereocenters. The monoisotopic (exact) mass is 915 g/mol. The Morgan fingerprint density at radius 3 is 1.26 bits per heavy atom. The smallest absolute Gasteiger partial charge is 0.137 e. The fourth-order valence-corrected chi connectivity index (χ4v) is 13.1. The van der Waals surface area contributed by atoms with Crippen LogP contribution in [0.3, 0.4) is 0 Å². The van der Waals surface area contributed by atoms with Crippen LogP contribution in [0.2, 0.25) is 0 Å². The Balaban J connectivity index is 0.989. The third-order valence-corrected chi connectivity index (χ3v) is 16.0. The Morgan fingerprint density at radius 2 is 0.694 bits per heavy atom. The third kappa shape index (κ3) is 5.60. The van der Waals surface area contributed by atoms with Crippen LogP contribution >= 0.6 is 0 Å². The van der Waals surface area contributed by atoms with Crippen LogP contribution in [0.5, 0.6) is 0 Å². The van der Waals surface area contributed by atoms with Gasteiger partial charge in [0.05, 0.1) is 16.5 Å². The van der Waals surface area contributed by atoms with Gasteiger partial charge in [0.15, 0.2) is 0 Å². The van der Waals surface area contributed by atoms with Crippen molar-refractivity contribution in [2.75, 3.05) is 4.90 Å². The third-order valence-electron chi connectivity index (χ3n) is 16.0. The minimum absolute atomic E-state index is 0.516. The summed E-state index contributed by atoms with van der Waals surface area (Å²) in [5.41, 5.74) is 24.1. The van der Waals surface area contributed by atoms with E-state index < -0.39 is 10.8 Å². The highest BCUT2D eigenvalue weighted by Crippen LogP contribution is 2.67. The molecule has 72 heavy (non-hydrogen) atoms. The number of anilines is 3. The van der Waals surface area contributed by atoms with Crippen LogP contribution in [0.1, 0.15) is 44.5 Å². The van der Waals surface area contributed by atoms with E-state index in [1.807, 2.05) is 0 Å². The van der Waals surface area contributed by atoms with Gasteiger partial charge in [-0.05, 0) is 138 Å². The summed E-state index contributed by atoms with van der Waals surface area (Å²) in [6, 6.07) is 101. The van der Waals surface area contributed by atoms with E-state index in [4.69, 9.17) is 4.42 Å². The van der Waals surface area contributed by atoms with E-state index in [-0.39, 0.29) is 0 Å². The molecule has 1 heterocycles. The molecule has 3 aliphatic rings. The first kappa shape index (κ1) is 40.6. The van der Waals surface area contributed by atoms with Gasteiger partial charge in [-0.3, -0.25) is 0 Å². The average Bonchev–Trinajstić information content (AvgIpc) is 4.11. The molecule has 0 N–H and O–H groups in total. The van der Waals surface area contributed by atoms with Crippen molar-refractivity contribution < 1.29 is 4.42 Å². The minimum atomic E-state index is -0.640. The Labute approximate surface area is 419 Å². The lowest BCUT2D eigenvalue weighted by molar-refractivity contribution is 0.631. The van der Waals surface area contributed by atoms with Gasteiger partial charge in [0.25, 0.3) is 0 Å². The second kappa shape index (κ2) is 15.6. The van der Waals surface area contributed by atoms with Crippen LogP contribution in [0.15, 0.2) is 277 Å². The molecule has 12 aromatic rings. The molecular formula is C70H45NO. The summed E-state index contributed by atoms with van der Waals surface area (Å²) >= 11 is 0. The van der Waals surface area contributed by atoms with E-state index >= 15 is 0 Å². The van der Waals surface area contributed by atoms with E-state index in [0.717, 1.165) is 56.0 Å². The van der Waals surface area contributed by atoms with Crippen molar-refractivity contribution in [2.45, 2.75) is 10.8 Å². The lowest BCUT2D eigenvalue weighted by Gasteiger charge is -2.49. The summed E-state index contributed by atoms with van der Waals surface area (Å²) in [5.74, 6) is 0.817. The highest BCUT2D eigenvalue weighted by Gasteiger charge is 2.59. The Bertz CT molecular complexity index is 4030. The number of para-hydroxylation sites is 1. The molecule has 15 rings (SSSR count). The van der Waals surface area contributed by atoms with Crippen molar-refractivity contribution in [1.82, 2.24) is 0 Å². The first-order chi connectivity index (χ1) is 35.7. The van der Waals surface area contributed by atoms with Crippen molar-refractivity contribution in [2.24, 2.45) is 0 Å². The van der Waals surface area contributed by atoms with Crippen LogP contribution in [0.25, 0.3) is 66.8 Å². The summed E-state index contributed by atoms with van der Waals surface area (Å²) in [4.78, 5) is 2.45. The maximum absolute atomic E-state index is 6.93. The molecule has 336 valence electrons. The molecule has 0 bridgehead atoms. The molecule has 2 spiro atoms. The van der Waals surface area contributed by atoms with E-state index in [1.54, 1.807) is 0 Å². The number of hydrogen-bond donors (Lipinski definition) is 0. The van der Waals surface area contributed by atoms with E-state index in [9.17, 15) is 0 Å². The standard InChI is InChI=1S/C70H45NO/c1-3-20-46(21-4-1)48-24-19-25-51(42-48)71(66-37-18-10-29-57(66)68-44-50-39-38-49(43-67(50)72-68)47-22-5-2-6-23-47)52-40-41-56-55-28-9-13-32-60(55)70(65(56)45-52)63-35-16-14-33-61(63)69(62-34-15-17-36-64(62)70)58-30-11-7-26-53(58)54-27-8-12-31-59(54)69/h1-45H. The zero-order chi connectivity index (χ0) is 47.4. The van der Waals surface area contributed by atoms with Gasteiger partial charge in [-0.25, -0.2) is 0 Å². The van der Waals surface area contributed by atoms with E-state index in [2.05, 4.69) is 278 Å². The van der Waals surface area contributed by atoms with Crippen LogP contribution in [0.4, 0.5) is 17.1 Å². The molecule has 0 amide bonds. The normalized spacial score (nSPS) is 13.8. The maximum atomic E-state index is 6.93. The number of fused-ring (bicyclic) bond motifs is 17. The Hall–Kier alpha value is -9.24. The van der Waals surface area contributed by atoms with Gasteiger partial charge < -0.3 is 9.32 Å². The lowest BCUT2D eigenvalue weighted by atomic mass is 9.52. The maximum Gasteiger partial charge on any atom is 0.137 e. The van der Waals surface area contributed by atoms with Crippen molar-refractivity contribution in [1.29, 1.82) is 0 Å². The van der Waals surface area contributed by atoms with Crippen LogP contribution in [-0.4, -0.2) is 0 Å². The van der Waals surface area contributed by atoms with Crippen molar-refractivity contribution >= 4 is 28.0 Å². The summed E-state index contributed by atoms with van der Waals surface area (Å²) in [6.45, 7) is 0. The zero-order valence-electron chi connectivity index (χ0n) is 39.3. The molecule has 2 nitrogen and oxygen atoms in total. The van der Waals surface area contributed by atoms with E-state index in [1.165, 1.54) is 72.3 Å². The summed E-state index contributed by atoms with van der Waals surface area (Å²) in [7, 11) is 0. The molecule has 0 aliphatic heterocycles. The predicted octanol–water partition coefficient (Wildman–Crippen LogP) is 17.9. The van der Waals surface area contributed by atoms with Crippen LogP contribution < -0.4 is 4.90 Å². The molecule has 2 heteroatoms. The van der Waals surface area contributed by atoms with Gasteiger partial charge in [0, 0.05) is 22.3 Å². The Kier molecular flexibility index (Phi) is 8.82. The second-order valence-electron chi connectivity index (χ2n) is 19.5. The molecule has 0 unspecified atom stereocenters. The summed E-state index contributed by atoms with van der Waals surface area (Å²) in [6.07, 6.45) is 0. The van der Waals surface area contributed by atoms with Gasteiger partial charge in [-0.2, -0.15) is 0 Å². The largest absolute Gasteiger partial charge is 0.456 e. The van der Waals surface area contributed by atoms with Crippen LogP contribution in [-0.2, 0) is 10.8 Å². The lowest BCUT2D eigenvalue weighted by Crippen LogP contribution is -2.43. The molecule has 1 aromatic heterocycles. The van der Waals surface area contributed by atoms with Gasteiger partial charge in [0.1, 0.15) is 11.3 Å². The molecule has 0 fully saturated rings. The average molecular weight is 916 g/mol. The molecule has 0 saturated carbocycles.